The molecule has 2 rings (SSSR count). The van der Waals surface area contributed by atoms with Gasteiger partial charge in [0, 0.05) is 10.6 Å². The maximum absolute atomic E-state index is 12.3. The summed E-state index contributed by atoms with van der Waals surface area (Å²) in [6, 6.07) is 6.04. The van der Waals surface area contributed by atoms with Crippen LogP contribution in [0.5, 0.6) is 0 Å². The van der Waals surface area contributed by atoms with Crippen LogP contribution in [0.3, 0.4) is 0 Å². The van der Waals surface area contributed by atoms with Crippen molar-refractivity contribution in [2.75, 3.05) is 17.7 Å². The first-order valence-electron chi connectivity index (χ1n) is 7.37. The molecule has 1 aromatic carbocycles. The molecule has 134 valence electrons. The predicted octanol–water partition coefficient (Wildman–Crippen LogP) is 5.78. The SMILES string of the molecule is COC(=O)c1sc(C(C)(C)C)cc1NC(=O)Nc1ccc(Cl)c(Cl)c1. The van der Waals surface area contributed by atoms with Crippen LogP contribution in [0, 0.1) is 0 Å². The Morgan fingerprint density at radius 1 is 1.08 bits per heavy atom. The molecule has 0 radical (unpaired) electrons. The zero-order valence-electron chi connectivity index (χ0n) is 14.2. The van der Waals surface area contributed by atoms with E-state index in [4.69, 9.17) is 27.9 Å². The van der Waals surface area contributed by atoms with Crippen LogP contribution < -0.4 is 10.6 Å². The summed E-state index contributed by atoms with van der Waals surface area (Å²) in [5.41, 5.74) is 0.727. The number of carbonyl (C=O) groups excluding carboxylic acids is 2. The largest absolute Gasteiger partial charge is 0.465 e. The standard InChI is InChI=1S/C17H18Cl2N2O3S/c1-17(2,3)13-8-12(14(25-13)15(22)24-4)21-16(23)20-9-5-6-10(18)11(19)7-9/h5-8H,1-4H3,(H2,20,21,23). The zero-order chi connectivity index (χ0) is 18.8. The Morgan fingerprint density at radius 3 is 2.32 bits per heavy atom. The van der Waals surface area contributed by atoms with Crippen molar-refractivity contribution < 1.29 is 14.3 Å². The first kappa shape index (κ1) is 19.6. The van der Waals surface area contributed by atoms with Gasteiger partial charge in [-0.05, 0) is 29.7 Å². The van der Waals surface area contributed by atoms with Gasteiger partial charge < -0.3 is 15.4 Å². The van der Waals surface area contributed by atoms with Gasteiger partial charge in [-0.2, -0.15) is 0 Å². The Hall–Kier alpha value is -1.76. The van der Waals surface area contributed by atoms with E-state index in [1.807, 2.05) is 20.8 Å². The van der Waals surface area contributed by atoms with Crippen LogP contribution in [-0.2, 0) is 10.2 Å². The van der Waals surface area contributed by atoms with Crippen molar-refractivity contribution in [1.82, 2.24) is 0 Å². The van der Waals surface area contributed by atoms with Gasteiger partial charge in [0.05, 0.1) is 22.8 Å². The number of ether oxygens (including phenoxy) is 1. The molecule has 0 saturated heterocycles. The van der Waals surface area contributed by atoms with Crippen LogP contribution in [0.15, 0.2) is 24.3 Å². The molecule has 8 heteroatoms. The fourth-order valence-corrected chi connectivity index (χ4v) is 3.34. The summed E-state index contributed by atoms with van der Waals surface area (Å²) in [5.74, 6) is -0.495. The number of methoxy groups -OCH3 is 1. The molecule has 0 unspecified atom stereocenters. The van der Waals surface area contributed by atoms with Crippen LogP contribution in [-0.4, -0.2) is 19.1 Å². The number of rotatable bonds is 3. The number of thiophene rings is 1. The molecule has 25 heavy (non-hydrogen) atoms. The zero-order valence-corrected chi connectivity index (χ0v) is 16.5. The lowest BCUT2D eigenvalue weighted by atomic mass is 9.94. The lowest BCUT2D eigenvalue weighted by Crippen LogP contribution is -2.20. The Bertz CT molecular complexity index is 813. The second-order valence-electron chi connectivity index (χ2n) is 6.30. The quantitative estimate of drug-likeness (QED) is 0.641. The second-order valence-corrected chi connectivity index (χ2v) is 8.17. The normalized spacial score (nSPS) is 11.1. The molecule has 0 fully saturated rings. The van der Waals surface area contributed by atoms with Gasteiger partial charge in [0.15, 0.2) is 0 Å². The summed E-state index contributed by atoms with van der Waals surface area (Å²) >= 11 is 13.1. The number of nitrogens with one attached hydrogen (secondary N) is 2. The van der Waals surface area contributed by atoms with E-state index >= 15 is 0 Å². The fraction of sp³-hybridized carbons (Fsp3) is 0.294. The van der Waals surface area contributed by atoms with Gasteiger partial charge in [-0.1, -0.05) is 44.0 Å². The first-order chi connectivity index (χ1) is 11.6. The third kappa shape index (κ3) is 4.87. The van der Waals surface area contributed by atoms with Crippen molar-refractivity contribution in [2.24, 2.45) is 0 Å². The fourth-order valence-electron chi connectivity index (χ4n) is 1.96. The van der Waals surface area contributed by atoms with E-state index < -0.39 is 12.0 Å². The molecule has 5 nitrogen and oxygen atoms in total. The van der Waals surface area contributed by atoms with Crippen molar-refractivity contribution in [1.29, 1.82) is 0 Å². The number of carbonyl (C=O) groups is 2. The highest BCUT2D eigenvalue weighted by Crippen LogP contribution is 2.36. The van der Waals surface area contributed by atoms with Crippen LogP contribution >= 0.6 is 34.5 Å². The molecule has 0 aliphatic carbocycles. The molecule has 0 atom stereocenters. The Balaban J connectivity index is 2.22. The molecule has 2 N–H and O–H groups in total. The van der Waals surface area contributed by atoms with Gasteiger partial charge in [0.25, 0.3) is 0 Å². The molecule has 2 amide bonds. The molecule has 0 aliphatic heterocycles. The van der Waals surface area contributed by atoms with Crippen LogP contribution in [0.1, 0.15) is 35.3 Å². The number of benzene rings is 1. The molecule has 0 spiro atoms. The second kappa shape index (κ2) is 7.64. The third-order valence-electron chi connectivity index (χ3n) is 3.27. The molecule has 1 heterocycles. The first-order valence-corrected chi connectivity index (χ1v) is 8.94. The highest BCUT2D eigenvalue weighted by atomic mass is 35.5. The van der Waals surface area contributed by atoms with Gasteiger partial charge in [0.2, 0.25) is 0 Å². The monoisotopic (exact) mass is 400 g/mol. The summed E-state index contributed by atoms with van der Waals surface area (Å²) in [4.78, 5) is 25.5. The van der Waals surface area contributed by atoms with Gasteiger partial charge in [0.1, 0.15) is 4.88 Å². The van der Waals surface area contributed by atoms with Gasteiger partial charge >= 0.3 is 12.0 Å². The van der Waals surface area contributed by atoms with Crippen LogP contribution in [0.2, 0.25) is 10.0 Å². The summed E-state index contributed by atoms with van der Waals surface area (Å²) < 4.78 is 4.80. The lowest BCUT2D eigenvalue weighted by molar-refractivity contribution is 0.0607. The summed E-state index contributed by atoms with van der Waals surface area (Å²) in [6.07, 6.45) is 0. The van der Waals surface area contributed by atoms with Gasteiger partial charge in [-0.3, -0.25) is 0 Å². The molecule has 1 aromatic heterocycles. The number of amides is 2. The minimum Gasteiger partial charge on any atom is -0.465 e. The smallest absolute Gasteiger partial charge is 0.350 e. The van der Waals surface area contributed by atoms with Crippen LogP contribution in [0.4, 0.5) is 16.2 Å². The molecule has 0 aliphatic rings. The molecular formula is C17H18Cl2N2O3S. The maximum Gasteiger partial charge on any atom is 0.350 e. The minimum atomic E-state index is -0.498. The topological polar surface area (TPSA) is 67.4 Å². The van der Waals surface area contributed by atoms with E-state index in [0.717, 1.165) is 4.88 Å². The number of esters is 1. The molecular weight excluding hydrogens is 383 g/mol. The number of hydrogen-bond acceptors (Lipinski definition) is 4. The highest BCUT2D eigenvalue weighted by molar-refractivity contribution is 7.14. The van der Waals surface area contributed by atoms with Crippen LogP contribution in [0.25, 0.3) is 0 Å². The van der Waals surface area contributed by atoms with E-state index in [9.17, 15) is 9.59 Å². The number of urea groups is 1. The highest BCUT2D eigenvalue weighted by Gasteiger charge is 2.24. The lowest BCUT2D eigenvalue weighted by Gasteiger charge is -2.15. The molecule has 0 saturated carbocycles. The molecule has 0 bridgehead atoms. The number of halogens is 2. The predicted molar refractivity (Wildman–Crippen MR) is 103 cm³/mol. The Kier molecular flexibility index (Phi) is 5.98. The van der Waals surface area contributed by atoms with Crippen molar-refractivity contribution in [3.05, 3.63) is 44.1 Å². The van der Waals surface area contributed by atoms with Crippen molar-refractivity contribution in [3.8, 4) is 0 Å². The summed E-state index contributed by atoms with van der Waals surface area (Å²) in [6.45, 7) is 6.08. The van der Waals surface area contributed by atoms with Gasteiger partial charge in [-0.15, -0.1) is 11.3 Å². The van der Waals surface area contributed by atoms with Crippen molar-refractivity contribution >= 4 is 57.9 Å². The minimum absolute atomic E-state index is 0.159. The van der Waals surface area contributed by atoms with E-state index in [0.29, 0.717) is 26.3 Å². The summed E-state index contributed by atoms with van der Waals surface area (Å²) in [7, 11) is 1.30. The van der Waals surface area contributed by atoms with E-state index in [1.54, 1.807) is 24.3 Å². The van der Waals surface area contributed by atoms with E-state index in [-0.39, 0.29) is 5.41 Å². The molecule has 2 aromatic rings. The maximum atomic E-state index is 12.3. The summed E-state index contributed by atoms with van der Waals surface area (Å²) in [5, 5.41) is 6.06. The average molecular weight is 401 g/mol. The number of hydrogen-bond donors (Lipinski definition) is 2. The Morgan fingerprint density at radius 2 is 1.76 bits per heavy atom. The van der Waals surface area contributed by atoms with E-state index in [1.165, 1.54) is 18.4 Å². The Labute approximate surface area is 160 Å². The number of anilines is 2. The average Bonchev–Trinajstić information content (AvgIpc) is 2.94. The van der Waals surface area contributed by atoms with Crippen molar-refractivity contribution in [2.45, 2.75) is 26.2 Å². The van der Waals surface area contributed by atoms with Gasteiger partial charge in [-0.25, -0.2) is 9.59 Å². The van der Waals surface area contributed by atoms with E-state index in [2.05, 4.69) is 10.6 Å². The third-order valence-corrected chi connectivity index (χ3v) is 5.55. The van der Waals surface area contributed by atoms with Crippen molar-refractivity contribution in [3.63, 3.8) is 0 Å².